The molecule has 1 atom stereocenters. The van der Waals surface area contributed by atoms with Crippen LogP contribution in [0.25, 0.3) is 0 Å². The van der Waals surface area contributed by atoms with Crippen molar-refractivity contribution in [2.75, 3.05) is 19.6 Å². The second-order valence-corrected chi connectivity index (χ2v) is 5.14. The van der Waals surface area contributed by atoms with E-state index in [-0.39, 0.29) is 5.82 Å². The lowest BCUT2D eigenvalue weighted by Crippen LogP contribution is -2.24. The standard InChI is InChI=1S/C12H16BrFN2/c13-11-1-2-12(14)10(5-11)8-16-7-9-3-4-15-6-9/h1-2,5,9,15-16H,3-4,6-8H2. The Morgan fingerprint density at radius 1 is 1.50 bits per heavy atom. The highest BCUT2D eigenvalue weighted by Gasteiger charge is 2.13. The summed E-state index contributed by atoms with van der Waals surface area (Å²) in [5.74, 6) is 0.551. The van der Waals surface area contributed by atoms with Gasteiger partial charge in [-0.05, 0) is 50.2 Å². The number of benzene rings is 1. The number of nitrogens with one attached hydrogen (secondary N) is 2. The molecule has 1 saturated heterocycles. The monoisotopic (exact) mass is 286 g/mol. The molecule has 0 radical (unpaired) electrons. The average Bonchev–Trinajstić information content (AvgIpc) is 2.76. The van der Waals surface area contributed by atoms with Crippen molar-refractivity contribution in [1.82, 2.24) is 10.6 Å². The summed E-state index contributed by atoms with van der Waals surface area (Å²) >= 11 is 3.35. The minimum absolute atomic E-state index is 0.139. The lowest BCUT2D eigenvalue weighted by molar-refractivity contribution is 0.503. The molecule has 1 unspecified atom stereocenters. The van der Waals surface area contributed by atoms with Gasteiger partial charge < -0.3 is 10.6 Å². The summed E-state index contributed by atoms with van der Waals surface area (Å²) in [5, 5.41) is 6.63. The first-order valence-electron chi connectivity index (χ1n) is 5.61. The molecule has 2 rings (SSSR count). The summed E-state index contributed by atoms with van der Waals surface area (Å²) < 4.78 is 14.3. The molecule has 4 heteroatoms. The van der Waals surface area contributed by atoms with E-state index in [0.717, 1.165) is 29.7 Å². The zero-order valence-corrected chi connectivity index (χ0v) is 10.7. The largest absolute Gasteiger partial charge is 0.316 e. The van der Waals surface area contributed by atoms with E-state index in [1.807, 2.05) is 6.07 Å². The maximum atomic E-state index is 13.4. The van der Waals surface area contributed by atoms with Gasteiger partial charge in [0.2, 0.25) is 0 Å². The third-order valence-corrected chi connectivity index (χ3v) is 3.41. The molecule has 0 bridgehead atoms. The van der Waals surface area contributed by atoms with Gasteiger partial charge in [0.15, 0.2) is 0 Å². The summed E-state index contributed by atoms with van der Waals surface area (Å²) in [4.78, 5) is 0. The Balaban J connectivity index is 1.82. The molecule has 16 heavy (non-hydrogen) atoms. The molecule has 1 aliphatic rings. The van der Waals surface area contributed by atoms with E-state index in [1.165, 1.54) is 12.5 Å². The maximum absolute atomic E-state index is 13.4. The summed E-state index contributed by atoms with van der Waals surface area (Å²) in [6.45, 7) is 3.74. The van der Waals surface area contributed by atoms with Crippen LogP contribution < -0.4 is 10.6 Å². The third-order valence-electron chi connectivity index (χ3n) is 2.92. The van der Waals surface area contributed by atoms with Crippen molar-refractivity contribution in [2.24, 2.45) is 5.92 Å². The van der Waals surface area contributed by atoms with E-state index >= 15 is 0 Å². The van der Waals surface area contributed by atoms with Crippen LogP contribution in [0.5, 0.6) is 0 Å². The molecule has 88 valence electrons. The number of hydrogen-bond donors (Lipinski definition) is 2. The Hall–Kier alpha value is -0.450. The van der Waals surface area contributed by atoms with E-state index in [4.69, 9.17) is 0 Å². The molecule has 1 aromatic rings. The van der Waals surface area contributed by atoms with Crippen LogP contribution in [0.3, 0.4) is 0 Å². The Morgan fingerprint density at radius 2 is 2.38 bits per heavy atom. The van der Waals surface area contributed by atoms with Crippen molar-refractivity contribution in [2.45, 2.75) is 13.0 Å². The molecule has 0 amide bonds. The first kappa shape index (κ1) is 12.0. The van der Waals surface area contributed by atoms with Gasteiger partial charge in [0.05, 0.1) is 0 Å². The van der Waals surface area contributed by atoms with E-state index in [9.17, 15) is 4.39 Å². The molecular formula is C12H16BrFN2. The van der Waals surface area contributed by atoms with E-state index < -0.39 is 0 Å². The van der Waals surface area contributed by atoms with Gasteiger partial charge in [-0.3, -0.25) is 0 Å². The molecule has 0 saturated carbocycles. The first-order valence-corrected chi connectivity index (χ1v) is 6.40. The van der Waals surface area contributed by atoms with Crippen molar-refractivity contribution in [3.8, 4) is 0 Å². The molecule has 2 nitrogen and oxygen atoms in total. The van der Waals surface area contributed by atoms with Crippen molar-refractivity contribution < 1.29 is 4.39 Å². The SMILES string of the molecule is Fc1ccc(Br)cc1CNCC1CCNC1. The minimum Gasteiger partial charge on any atom is -0.316 e. The van der Waals surface area contributed by atoms with Crippen LogP contribution in [0, 0.1) is 11.7 Å². The normalized spacial score (nSPS) is 20.2. The van der Waals surface area contributed by atoms with Gasteiger partial charge >= 0.3 is 0 Å². The lowest BCUT2D eigenvalue weighted by atomic mass is 10.1. The Morgan fingerprint density at radius 3 is 3.12 bits per heavy atom. The zero-order chi connectivity index (χ0) is 11.4. The molecule has 1 aliphatic heterocycles. The fourth-order valence-electron chi connectivity index (χ4n) is 1.98. The molecule has 2 N–H and O–H groups in total. The summed E-state index contributed by atoms with van der Waals surface area (Å²) in [7, 11) is 0. The summed E-state index contributed by atoms with van der Waals surface area (Å²) in [6, 6.07) is 5.05. The highest BCUT2D eigenvalue weighted by atomic mass is 79.9. The second kappa shape index (κ2) is 5.75. The van der Waals surface area contributed by atoms with Gasteiger partial charge in [0.1, 0.15) is 5.82 Å². The predicted molar refractivity (Wildman–Crippen MR) is 66.8 cm³/mol. The Labute approximate surface area is 104 Å². The Kier molecular flexibility index (Phi) is 4.32. The highest BCUT2D eigenvalue weighted by molar-refractivity contribution is 9.10. The second-order valence-electron chi connectivity index (χ2n) is 4.23. The van der Waals surface area contributed by atoms with E-state index in [2.05, 4.69) is 26.6 Å². The topological polar surface area (TPSA) is 24.1 Å². The molecule has 1 aromatic carbocycles. The maximum Gasteiger partial charge on any atom is 0.127 e. The van der Waals surface area contributed by atoms with Crippen LogP contribution in [-0.4, -0.2) is 19.6 Å². The molecule has 1 heterocycles. The lowest BCUT2D eigenvalue weighted by Gasteiger charge is -2.10. The average molecular weight is 287 g/mol. The molecule has 0 aliphatic carbocycles. The van der Waals surface area contributed by atoms with Crippen molar-refractivity contribution in [3.63, 3.8) is 0 Å². The van der Waals surface area contributed by atoms with Gasteiger partial charge in [0.25, 0.3) is 0 Å². The molecule has 0 spiro atoms. The summed E-state index contributed by atoms with van der Waals surface area (Å²) in [5.41, 5.74) is 0.723. The van der Waals surface area contributed by atoms with Crippen LogP contribution in [0.4, 0.5) is 4.39 Å². The van der Waals surface area contributed by atoms with E-state index in [1.54, 1.807) is 6.07 Å². The van der Waals surface area contributed by atoms with Crippen molar-refractivity contribution in [3.05, 3.63) is 34.1 Å². The highest BCUT2D eigenvalue weighted by Crippen LogP contribution is 2.15. The summed E-state index contributed by atoms with van der Waals surface area (Å²) in [6.07, 6.45) is 1.22. The van der Waals surface area contributed by atoms with Gasteiger partial charge in [-0.2, -0.15) is 0 Å². The fraction of sp³-hybridized carbons (Fsp3) is 0.500. The van der Waals surface area contributed by atoms with Gasteiger partial charge in [-0.1, -0.05) is 15.9 Å². The predicted octanol–water partition coefficient (Wildman–Crippen LogP) is 2.29. The van der Waals surface area contributed by atoms with Gasteiger partial charge in [0, 0.05) is 16.6 Å². The fourth-order valence-corrected chi connectivity index (χ4v) is 2.39. The van der Waals surface area contributed by atoms with Gasteiger partial charge in [-0.25, -0.2) is 4.39 Å². The number of halogens is 2. The van der Waals surface area contributed by atoms with Crippen molar-refractivity contribution in [1.29, 1.82) is 0 Å². The minimum atomic E-state index is -0.139. The number of hydrogen-bond acceptors (Lipinski definition) is 2. The first-order chi connectivity index (χ1) is 7.75. The Bertz CT molecular complexity index is 351. The molecule has 0 aromatic heterocycles. The van der Waals surface area contributed by atoms with E-state index in [0.29, 0.717) is 12.5 Å². The van der Waals surface area contributed by atoms with Crippen LogP contribution in [0.1, 0.15) is 12.0 Å². The van der Waals surface area contributed by atoms with Crippen molar-refractivity contribution >= 4 is 15.9 Å². The quantitative estimate of drug-likeness (QED) is 0.888. The van der Waals surface area contributed by atoms with Gasteiger partial charge in [-0.15, -0.1) is 0 Å². The van der Waals surface area contributed by atoms with Crippen LogP contribution in [0.2, 0.25) is 0 Å². The van der Waals surface area contributed by atoms with Crippen LogP contribution >= 0.6 is 15.9 Å². The smallest absolute Gasteiger partial charge is 0.127 e. The molecular weight excluding hydrogens is 271 g/mol. The van der Waals surface area contributed by atoms with Crippen LogP contribution in [-0.2, 0) is 6.54 Å². The molecule has 1 fully saturated rings. The third kappa shape index (κ3) is 3.27. The number of rotatable bonds is 4. The zero-order valence-electron chi connectivity index (χ0n) is 9.10. The van der Waals surface area contributed by atoms with Crippen LogP contribution in [0.15, 0.2) is 22.7 Å².